The minimum Gasteiger partial charge on any atom is -0.249 e. The van der Waals surface area contributed by atoms with Gasteiger partial charge in [-0.3, -0.25) is 0 Å². The number of nitrogens with zero attached hydrogens (tertiary/aromatic N) is 4. The molecule has 0 fully saturated rings. The summed E-state index contributed by atoms with van der Waals surface area (Å²) in [5.74, 6) is 0. The number of rotatable bonds is 1. The van der Waals surface area contributed by atoms with Crippen molar-refractivity contribution in [2.24, 2.45) is 0 Å². The second-order valence-corrected chi connectivity index (χ2v) is 5.37. The van der Waals surface area contributed by atoms with Gasteiger partial charge in [0.15, 0.2) is 10.3 Å². The van der Waals surface area contributed by atoms with Crippen molar-refractivity contribution in [3.8, 4) is 11.3 Å². The predicted octanol–water partition coefficient (Wildman–Crippen LogP) is 4.16. The molecular formula is C12H5BrCl2N4. The molecule has 0 saturated heterocycles. The van der Waals surface area contributed by atoms with Gasteiger partial charge in [-0.15, -0.1) is 10.2 Å². The minimum absolute atomic E-state index is 0.186. The summed E-state index contributed by atoms with van der Waals surface area (Å²) in [7, 11) is 0. The molecule has 0 bridgehead atoms. The molecule has 2 heterocycles. The van der Waals surface area contributed by atoms with Crippen molar-refractivity contribution in [2.45, 2.75) is 0 Å². The van der Waals surface area contributed by atoms with Crippen LogP contribution in [0.4, 0.5) is 0 Å². The fraction of sp³-hybridized carbons (Fsp3) is 0. The Morgan fingerprint density at radius 3 is 2.21 bits per heavy atom. The molecule has 0 aliphatic rings. The molecule has 2 aromatic heterocycles. The van der Waals surface area contributed by atoms with E-state index in [1.165, 1.54) is 0 Å². The highest BCUT2D eigenvalue weighted by Crippen LogP contribution is 2.26. The zero-order valence-electron chi connectivity index (χ0n) is 9.31. The Bertz CT molecular complexity index is 762. The molecule has 19 heavy (non-hydrogen) atoms. The van der Waals surface area contributed by atoms with Crippen LogP contribution in [0.3, 0.4) is 0 Å². The molecule has 4 nitrogen and oxygen atoms in total. The SMILES string of the molecule is Clc1nnc(Cl)c2nc(-c3ccc(Br)cc3)cnc12. The smallest absolute Gasteiger partial charge is 0.179 e. The zero-order valence-corrected chi connectivity index (χ0v) is 12.4. The maximum atomic E-state index is 5.97. The third kappa shape index (κ3) is 2.41. The summed E-state index contributed by atoms with van der Waals surface area (Å²) in [4.78, 5) is 8.69. The van der Waals surface area contributed by atoms with Crippen LogP contribution in [0.25, 0.3) is 22.3 Å². The summed E-state index contributed by atoms with van der Waals surface area (Å²) >= 11 is 15.3. The summed E-state index contributed by atoms with van der Waals surface area (Å²) in [6.07, 6.45) is 1.63. The van der Waals surface area contributed by atoms with E-state index in [2.05, 4.69) is 36.1 Å². The van der Waals surface area contributed by atoms with E-state index in [0.29, 0.717) is 16.7 Å². The molecule has 94 valence electrons. The van der Waals surface area contributed by atoms with Crippen LogP contribution in [0.5, 0.6) is 0 Å². The Morgan fingerprint density at radius 2 is 1.53 bits per heavy atom. The third-order valence-corrected chi connectivity index (χ3v) is 3.57. The molecule has 0 amide bonds. The third-order valence-electron chi connectivity index (χ3n) is 2.53. The molecule has 3 rings (SSSR count). The Balaban J connectivity index is 2.21. The van der Waals surface area contributed by atoms with Gasteiger partial charge >= 0.3 is 0 Å². The molecule has 1 aromatic carbocycles. The number of benzene rings is 1. The summed E-state index contributed by atoms with van der Waals surface area (Å²) in [6, 6.07) is 7.73. The lowest BCUT2D eigenvalue weighted by Crippen LogP contribution is -1.94. The Morgan fingerprint density at radius 1 is 0.895 bits per heavy atom. The highest BCUT2D eigenvalue weighted by atomic mass is 79.9. The van der Waals surface area contributed by atoms with Crippen LogP contribution in [-0.4, -0.2) is 20.2 Å². The van der Waals surface area contributed by atoms with Crippen molar-refractivity contribution >= 4 is 50.2 Å². The van der Waals surface area contributed by atoms with Crippen LogP contribution in [0, 0.1) is 0 Å². The van der Waals surface area contributed by atoms with Crippen LogP contribution in [-0.2, 0) is 0 Å². The van der Waals surface area contributed by atoms with Crippen LogP contribution in [0.1, 0.15) is 0 Å². The van der Waals surface area contributed by atoms with Crippen molar-refractivity contribution in [1.82, 2.24) is 20.2 Å². The molecule has 0 spiro atoms. The Hall–Kier alpha value is -1.30. The van der Waals surface area contributed by atoms with Crippen molar-refractivity contribution in [1.29, 1.82) is 0 Å². The lowest BCUT2D eigenvalue weighted by Gasteiger charge is -2.04. The summed E-state index contributed by atoms with van der Waals surface area (Å²) < 4.78 is 0.997. The summed E-state index contributed by atoms with van der Waals surface area (Å²) in [5.41, 5.74) is 2.53. The van der Waals surface area contributed by atoms with Gasteiger partial charge in [0.05, 0.1) is 11.9 Å². The van der Waals surface area contributed by atoms with Crippen molar-refractivity contribution < 1.29 is 0 Å². The highest BCUT2D eigenvalue weighted by molar-refractivity contribution is 9.10. The second kappa shape index (κ2) is 5.00. The van der Waals surface area contributed by atoms with E-state index in [-0.39, 0.29) is 10.3 Å². The van der Waals surface area contributed by atoms with Crippen molar-refractivity contribution in [3.63, 3.8) is 0 Å². The van der Waals surface area contributed by atoms with Gasteiger partial charge < -0.3 is 0 Å². The van der Waals surface area contributed by atoms with E-state index >= 15 is 0 Å². The van der Waals surface area contributed by atoms with Gasteiger partial charge in [0, 0.05) is 10.0 Å². The largest absolute Gasteiger partial charge is 0.249 e. The zero-order chi connectivity index (χ0) is 13.4. The highest BCUT2D eigenvalue weighted by Gasteiger charge is 2.11. The molecule has 0 atom stereocenters. The molecule has 0 aliphatic carbocycles. The van der Waals surface area contributed by atoms with Gasteiger partial charge in [0.25, 0.3) is 0 Å². The maximum Gasteiger partial charge on any atom is 0.179 e. The molecule has 0 radical (unpaired) electrons. The molecule has 3 aromatic rings. The number of hydrogen-bond acceptors (Lipinski definition) is 4. The normalized spacial score (nSPS) is 10.9. The van der Waals surface area contributed by atoms with Gasteiger partial charge in [-0.1, -0.05) is 51.3 Å². The van der Waals surface area contributed by atoms with Crippen LogP contribution in [0.2, 0.25) is 10.3 Å². The van der Waals surface area contributed by atoms with Gasteiger partial charge in [0.2, 0.25) is 0 Å². The molecule has 7 heteroatoms. The Labute approximate surface area is 126 Å². The van der Waals surface area contributed by atoms with E-state index in [0.717, 1.165) is 10.0 Å². The first-order chi connectivity index (χ1) is 9.15. The first-order valence-electron chi connectivity index (χ1n) is 5.25. The number of halogens is 3. The molecule has 0 unspecified atom stereocenters. The fourth-order valence-corrected chi connectivity index (χ4v) is 2.24. The summed E-state index contributed by atoms with van der Waals surface area (Å²) in [6.45, 7) is 0. The second-order valence-electron chi connectivity index (χ2n) is 3.74. The number of aromatic nitrogens is 4. The molecule has 0 saturated carbocycles. The van der Waals surface area contributed by atoms with Gasteiger partial charge in [-0.25, -0.2) is 9.97 Å². The summed E-state index contributed by atoms with van der Waals surface area (Å²) in [5, 5.41) is 7.80. The minimum atomic E-state index is 0.186. The lowest BCUT2D eigenvalue weighted by molar-refractivity contribution is 1.04. The van der Waals surface area contributed by atoms with Crippen LogP contribution >= 0.6 is 39.1 Å². The van der Waals surface area contributed by atoms with E-state index < -0.39 is 0 Å². The molecular weight excluding hydrogens is 351 g/mol. The topological polar surface area (TPSA) is 51.6 Å². The van der Waals surface area contributed by atoms with Gasteiger partial charge in [-0.2, -0.15) is 0 Å². The van der Waals surface area contributed by atoms with E-state index in [9.17, 15) is 0 Å². The van der Waals surface area contributed by atoms with Gasteiger partial charge in [0.1, 0.15) is 11.0 Å². The first kappa shape index (κ1) is 12.7. The van der Waals surface area contributed by atoms with E-state index in [1.807, 2.05) is 24.3 Å². The van der Waals surface area contributed by atoms with Crippen molar-refractivity contribution in [3.05, 3.63) is 45.2 Å². The average Bonchev–Trinajstić information content (AvgIpc) is 2.43. The number of fused-ring (bicyclic) bond motifs is 1. The molecule has 0 N–H and O–H groups in total. The van der Waals surface area contributed by atoms with Crippen LogP contribution in [0.15, 0.2) is 34.9 Å². The molecule has 0 aliphatic heterocycles. The van der Waals surface area contributed by atoms with E-state index in [1.54, 1.807) is 6.20 Å². The average molecular weight is 356 g/mol. The Kier molecular flexibility index (Phi) is 3.35. The maximum absolute atomic E-state index is 5.97. The van der Waals surface area contributed by atoms with Crippen LogP contribution < -0.4 is 0 Å². The van der Waals surface area contributed by atoms with E-state index in [4.69, 9.17) is 23.2 Å². The quantitative estimate of drug-likeness (QED) is 0.657. The lowest BCUT2D eigenvalue weighted by atomic mass is 10.1. The van der Waals surface area contributed by atoms with Crippen molar-refractivity contribution in [2.75, 3.05) is 0 Å². The van der Waals surface area contributed by atoms with Gasteiger partial charge in [-0.05, 0) is 12.1 Å². The first-order valence-corrected chi connectivity index (χ1v) is 6.80. The standard InChI is InChI=1S/C12H5BrCl2N4/c13-7-3-1-6(2-4-7)8-5-16-9-10(17-8)12(15)19-18-11(9)14/h1-5H. The number of hydrogen-bond donors (Lipinski definition) is 0. The fourth-order valence-electron chi connectivity index (χ4n) is 1.63. The monoisotopic (exact) mass is 354 g/mol. The predicted molar refractivity (Wildman–Crippen MR) is 78.3 cm³/mol.